The van der Waals surface area contributed by atoms with E-state index in [4.69, 9.17) is 0 Å². The number of amides is 2. The average Bonchev–Trinajstić information content (AvgIpc) is 2.80. The van der Waals surface area contributed by atoms with Crippen molar-refractivity contribution < 1.29 is 36.2 Å². The highest BCUT2D eigenvalue weighted by atomic mass is 79.9. The number of rotatable bonds is 12. The van der Waals surface area contributed by atoms with Crippen molar-refractivity contribution in [1.82, 2.24) is 10.6 Å². The number of carbonyl (C=O) groups is 4. The van der Waals surface area contributed by atoms with Gasteiger partial charge in [0.25, 0.3) is 0 Å². The zero-order chi connectivity index (χ0) is 22.6. The third-order valence-electron chi connectivity index (χ3n) is 4.52. The van der Waals surface area contributed by atoms with E-state index in [0.717, 1.165) is 0 Å². The summed E-state index contributed by atoms with van der Waals surface area (Å²) in [5.74, 6) is 0.118. The summed E-state index contributed by atoms with van der Waals surface area (Å²) in [5, 5.41) is 5.37. The Bertz CT molecular complexity index is 897. The molecule has 32 heavy (non-hydrogen) atoms. The molecule has 0 aliphatic heterocycles. The van der Waals surface area contributed by atoms with E-state index in [1.54, 1.807) is 36.4 Å². The first kappa shape index (κ1) is 28.1. The fraction of sp³-hybridized carbons (Fsp3) is 0.304. The first-order chi connectivity index (χ1) is 14.9. The molecule has 2 aromatic rings. The fourth-order valence-electron chi connectivity index (χ4n) is 2.84. The predicted molar refractivity (Wildman–Crippen MR) is 128 cm³/mol. The number of carbonyl (C=O) groups excluding carboxylic acids is 4. The van der Waals surface area contributed by atoms with Crippen LogP contribution < -0.4 is 27.6 Å². The van der Waals surface area contributed by atoms with Crippen LogP contribution in [0.15, 0.2) is 60.7 Å². The molecular weight excluding hydrogens is 560 g/mol. The van der Waals surface area contributed by atoms with Crippen LogP contribution in [0.4, 0.5) is 0 Å². The molecule has 172 valence electrons. The molecule has 0 spiro atoms. The second kappa shape index (κ2) is 15.0. The lowest BCUT2D eigenvalue weighted by Crippen LogP contribution is -3.00. The van der Waals surface area contributed by atoms with Gasteiger partial charge < -0.3 is 27.6 Å². The minimum atomic E-state index is -0.768. The minimum absolute atomic E-state index is 0. The average molecular weight is 586 g/mol. The van der Waals surface area contributed by atoms with Crippen LogP contribution in [0, 0.1) is 0 Å². The molecule has 0 bridgehead atoms. The van der Waals surface area contributed by atoms with Crippen LogP contribution in [0.25, 0.3) is 0 Å². The second-order valence-corrected chi connectivity index (χ2v) is 9.79. The van der Waals surface area contributed by atoms with E-state index in [1.807, 2.05) is 30.5 Å². The largest absolute Gasteiger partial charge is 1.00 e. The predicted octanol–water partition coefficient (Wildman–Crippen LogP) is -0.610. The van der Waals surface area contributed by atoms with Gasteiger partial charge in [-0.15, -0.1) is 0 Å². The second-order valence-electron chi connectivity index (χ2n) is 6.97. The highest BCUT2D eigenvalue weighted by molar-refractivity contribution is 9.09. The first-order valence-electron chi connectivity index (χ1n) is 9.79. The molecule has 2 aromatic carbocycles. The van der Waals surface area contributed by atoms with Gasteiger partial charge in [0.2, 0.25) is 17.6 Å². The van der Waals surface area contributed by atoms with Gasteiger partial charge in [-0.2, -0.15) is 0 Å². The Hall–Kier alpha value is -1.97. The molecule has 2 atom stereocenters. The van der Waals surface area contributed by atoms with E-state index < -0.39 is 11.9 Å². The quantitative estimate of drug-likeness (QED) is 0.197. The van der Waals surface area contributed by atoms with Gasteiger partial charge in [-0.3, -0.25) is 19.2 Å². The van der Waals surface area contributed by atoms with Gasteiger partial charge in [-0.05, 0) is 10.9 Å². The lowest BCUT2D eigenvalue weighted by Gasteiger charge is -2.17. The van der Waals surface area contributed by atoms with Gasteiger partial charge in [0, 0.05) is 17.5 Å². The Morgan fingerprint density at radius 3 is 1.97 bits per heavy atom. The zero-order valence-electron chi connectivity index (χ0n) is 17.7. The normalized spacial score (nSPS) is 12.1. The molecule has 0 aliphatic rings. The molecule has 0 saturated heterocycles. The lowest BCUT2D eigenvalue weighted by molar-refractivity contribution is -0.127. The van der Waals surface area contributed by atoms with Crippen molar-refractivity contribution in [2.45, 2.75) is 12.5 Å². The number of ketones is 2. The molecule has 2 rings (SSSR count). The Morgan fingerprint density at radius 2 is 1.44 bits per heavy atom. The summed E-state index contributed by atoms with van der Waals surface area (Å²) >= 11 is 3.08. The molecule has 0 aromatic heterocycles. The Morgan fingerprint density at radius 1 is 0.906 bits per heavy atom. The van der Waals surface area contributed by atoms with E-state index in [2.05, 4.69) is 26.6 Å². The van der Waals surface area contributed by atoms with Crippen molar-refractivity contribution in [2.75, 3.05) is 29.6 Å². The van der Waals surface area contributed by atoms with Gasteiger partial charge in [0.15, 0.2) is 11.5 Å². The molecule has 0 fully saturated rings. The third kappa shape index (κ3) is 9.67. The minimum Gasteiger partial charge on any atom is -1.00 e. The maximum Gasteiger partial charge on any atom is 0.243 e. The van der Waals surface area contributed by atoms with Crippen LogP contribution in [0.1, 0.15) is 27.1 Å². The first-order valence-corrected chi connectivity index (χ1v) is 12.9. The molecule has 2 N–H and O–H groups in total. The van der Waals surface area contributed by atoms with Gasteiger partial charge in [0.05, 0.1) is 18.1 Å². The molecule has 2 unspecified atom stereocenters. The lowest BCUT2D eigenvalue weighted by atomic mass is 10.1. The standard InChI is InChI=1S/C23H25BrN2O4S.BrH/c1-31(16-21(28)18-10-6-3-7-11-18)13-12-19(26-22(29)14-24)23(30)25-15-20(27)17-8-4-2-5-9-17;/h2-11,19H,12-16H2,1H3,(H-,25,26,29,30);1H. The van der Waals surface area contributed by atoms with Gasteiger partial charge in [0.1, 0.15) is 11.8 Å². The van der Waals surface area contributed by atoms with Crippen molar-refractivity contribution in [3.8, 4) is 0 Å². The number of benzene rings is 2. The van der Waals surface area contributed by atoms with Crippen LogP contribution in [0.5, 0.6) is 0 Å². The van der Waals surface area contributed by atoms with Crippen LogP contribution in [0.3, 0.4) is 0 Å². The summed E-state index contributed by atoms with van der Waals surface area (Å²) in [4.78, 5) is 49.1. The van der Waals surface area contributed by atoms with Crippen molar-refractivity contribution in [1.29, 1.82) is 0 Å². The smallest absolute Gasteiger partial charge is 0.243 e. The van der Waals surface area contributed by atoms with E-state index in [9.17, 15) is 19.2 Å². The molecule has 0 aliphatic carbocycles. The molecule has 2 amide bonds. The highest BCUT2D eigenvalue weighted by Gasteiger charge is 2.26. The topological polar surface area (TPSA) is 92.3 Å². The number of hydrogen-bond acceptors (Lipinski definition) is 4. The maximum absolute atomic E-state index is 12.6. The van der Waals surface area contributed by atoms with Crippen LogP contribution in [-0.4, -0.2) is 59.1 Å². The van der Waals surface area contributed by atoms with Crippen molar-refractivity contribution >= 4 is 50.2 Å². The van der Waals surface area contributed by atoms with Crippen LogP contribution in [0.2, 0.25) is 0 Å². The van der Waals surface area contributed by atoms with Crippen LogP contribution >= 0.6 is 15.9 Å². The van der Waals surface area contributed by atoms with Crippen molar-refractivity contribution in [3.63, 3.8) is 0 Å². The van der Waals surface area contributed by atoms with Gasteiger partial charge in [-0.1, -0.05) is 76.6 Å². The van der Waals surface area contributed by atoms with Crippen molar-refractivity contribution in [2.24, 2.45) is 0 Å². The van der Waals surface area contributed by atoms with Gasteiger partial charge in [-0.25, -0.2) is 0 Å². The summed E-state index contributed by atoms with van der Waals surface area (Å²) in [6.45, 7) is -0.145. The fourth-order valence-corrected chi connectivity index (χ4v) is 4.40. The number of halogens is 2. The molecule has 9 heteroatoms. The Kier molecular flexibility index (Phi) is 13.1. The molecule has 0 heterocycles. The molecule has 6 nitrogen and oxygen atoms in total. The molecule has 0 radical (unpaired) electrons. The summed E-state index contributed by atoms with van der Waals surface area (Å²) in [5.41, 5.74) is 1.18. The van der Waals surface area contributed by atoms with Crippen LogP contribution in [-0.2, 0) is 20.5 Å². The SMILES string of the molecule is C[S+](CCC(NC(=O)CBr)C(=O)NCC(=O)c1ccccc1)CC(=O)c1ccccc1.[Br-]. The van der Waals surface area contributed by atoms with Gasteiger partial charge >= 0.3 is 0 Å². The monoisotopic (exact) mass is 584 g/mol. The number of Topliss-reactive ketones (excluding diaryl/α,β-unsaturated/α-hetero) is 2. The number of hydrogen-bond donors (Lipinski definition) is 2. The highest BCUT2D eigenvalue weighted by Crippen LogP contribution is 2.07. The Labute approximate surface area is 210 Å². The van der Waals surface area contributed by atoms with E-state index >= 15 is 0 Å². The maximum atomic E-state index is 12.6. The molecule has 0 saturated carbocycles. The Balaban J connectivity index is 0.00000512. The van der Waals surface area contributed by atoms with E-state index in [-0.39, 0.29) is 57.2 Å². The third-order valence-corrected chi connectivity index (χ3v) is 6.72. The zero-order valence-corrected chi connectivity index (χ0v) is 21.7. The summed E-state index contributed by atoms with van der Waals surface area (Å²) in [6, 6.07) is 17.0. The summed E-state index contributed by atoms with van der Waals surface area (Å²) in [6.07, 6.45) is 2.35. The summed E-state index contributed by atoms with van der Waals surface area (Å²) < 4.78 is 0. The molecular formula is C23H26Br2N2O4S. The van der Waals surface area contributed by atoms with E-state index in [1.165, 1.54) is 0 Å². The van der Waals surface area contributed by atoms with Crippen molar-refractivity contribution in [3.05, 3.63) is 71.8 Å². The number of nitrogens with one attached hydrogen (secondary N) is 2. The number of alkyl halides is 1. The van der Waals surface area contributed by atoms with E-state index in [0.29, 0.717) is 29.1 Å². The summed E-state index contributed by atoms with van der Waals surface area (Å²) in [7, 11) is -0.256.